The van der Waals surface area contributed by atoms with Crippen LogP contribution in [0.1, 0.15) is 52.9 Å². The minimum atomic E-state index is -0.0329. The van der Waals surface area contributed by atoms with Crippen molar-refractivity contribution < 1.29 is 9.59 Å². The van der Waals surface area contributed by atoms with Gasteiger partial charge in [0.2, 0.25) is 11.8 Å². The number of rotatable bonds is 5. The maximum atomic E-state index is 12.0. The molecule has 0 aromatic heterocycles. The van der Waals surface area contributed by atoms with Crippen molar-refractivity contribution >= 4 is 11.8 Å². The Morgan fingerprint density at radius 1 is 1.14 bits per heavy atom. The second kappa shape index (κ2) is 7.25. The van der Waals surface area contributed by atoms with Gasteiger partial charge in [0.05, 0.1) is 6.54 Å². The van der Waals surface area contributed by atoms with Crippen LogP contribution >= 0.6 is 0 Å². The van der Waals surface area contributed by atoms with Gasteiger partial charge in [-0.25, -0.2) is 0 Å². The molecule has 2 heterocycles. The van der Waals surface area contributed by atoms with E-state index >= 15 is 0 Å². The first-order valence-electron chi connectivity index (χ1n) is 8.31. The van der Waals surface area contributed by atoms with Crippen LogP contribution < -0.4 is 5.32 Å². The molecule has 120 valence electrons. The van der Waals surface area contributed by atoms with E-state index in [0.29, 0.717) is 25.0 Å². The number of piperidine rings is 1. The molecular weight excluding hydrogens is 266 g/mol. The van der Waals surface area contributed by atoms with E-state index in [-0.39, 0.29) is 24.4 Å². The van der Waals surface area contributed by atoms with Gasteiger partial charge in [-0.1, -0.05) is 6.42 Å². The van der Waals surface area contributed by atoms with Gasteiger partial charge >= 0.3 is 0 Å². The number of carbonyl (C=O) groups is 2. The first kappa shape index (κ1) is 16.3. The molecule has 2 aliphatic heterocycles. The van der Waals surface area contributed by atoms with Crippen molar-refractivity contribution in [2.75, 3.05) is 19.6 Å². The molecule has 2 amide bonds. The average Bonchev–Trinajstić information content (AvgIpc) is 2.74. The molecule has 2 fully saturated rings. The van der Waals surface area contributed by atoms with Gasteiger partial charge in [0, 0.05) is 37.6 Å². The minimum Gasteiger partial charge on any atom is -0.353 e. The molecule has 0 aromatic rings. The predicted molar refractivity (Wildman–Crippen MR) is 82.9 cm³/mol. The molecule has 0 spiro atoms. The zero-order chi connectivity index (χ0) is 15.4. The summed E-state index contributed by atoms with van der Waals surface area (Å²) in [6.45, 7) is 8.33. The molecule has 2 rings (SSSR count). The van der Waals surface area contributed by atoms with Crippen LogP contribution in [0.15, 0.2) is 0 Å². The molecule has 5 heteroatoms. The van der Waals surface area contributed by atoms with Gasteiger partial charge in [0.25, 0.3) is 0 Å². The normalized spacial score (nSPS) is 30.7. The first-order valence-corrected chi connectivity index (χ1v) is 8.31. The van der Waals surface area contributed by atoms with Crippen molar-refractivity contribution in [2.45, 2.75) is 71.0 Å². The van der Waals surface area contributed by atoms with Crippen LogP contribution in [0.4, 0.5) is 0 Å². The third-order valence-corrected chi connectivity index (χ3v) is 5.01. The molecule has 0 aromatic carbocycles. The van der Waals surface area contributed by atoms with E-state index < -0.39 is 0 Å². The van der Waals surface area contributed by atoms with Crippen molar-refractivity contribution in [1.82, 2.24) is 15.1 Å². The van der Waals surface area contributed by atoms with Crippen LogP contribution in [0.2, 0.25) is 0 Å². The highest BCUT2D eigenvalue weighted by Gasteiger charge is 2.29. The summed E-state index contributed by atoms with van der Waals surface area (Å²) < 4.78 is 0. The molecular formula is C16H29N3O2. The fourth-order valence-corrected chi connectivity index (χ4v) is 3.57. The van der Waals surface area contributed by atoms with E-state index in [9.17, 15) is 9.59 Å². The summed E-state index contributed by atoms with van der Waals surface area (Å²) in [7, 11) is 0. The van der Waals surface area contributed by atoms with Crippen LogP contribution in [0.3, 0.4) is 0 Å². The van der Waals surface area contributed by atoms with Gasteiger partial charge in [0.1, 0.15) is 0 Å². The quantitative estimate of drug-likeness (QED) is 0.833. The van der Waals surface area contributed by atoms with Crippen molar-refractivity contribution in [1.29, 1.82) is 0 Å². The van der Waals surface area contributed by atoms with E-state index in [1.54, 1.807) is 4.90 Å². The lowest BCUT2D eigenvalue weighted by Crippen LogP contribution is -2.48. The van der Waals surface area contributed by atoms with Crippen molar-refractivity contribution in [3.05, 3.63) is 0 Å². The number of nitrogens with zero attached hydrogens (tertiary/aromatic N) is 2. The lowest BCUT2D eigenvalue weighted by atomic mass is 9.98. The molecule has 0 saturated carbocycles. The van der Waals surface area contributed by atoms with E-state index in [0.717, 1.165) is 13.0 Å². The minimum absolute atomic E-state index is 0.0329. The molecule has 0 unspecified atom stereocenters. The molecule has 2 aliphatic rings. The molecule has 21 heavy (non-hydrogen) atoms. The summed E-state index contributed by atoms with van der Waals surface area (Å²) in [5, 5.41) is 2.96. The van der Waals surface area contributed by atoms with E-state index in [2.05, 4.69) is 24.1 Å². The van der Waals surface area contributed by atoms with Gasteiger partial charge in [0.15, 0.2) is 0 Å². The second-order valence-electron chi connectivity index (χ2n) is 6.63. The number of hydrogen-bond acceptors (Lipinski definition) is 3. The van der Waals surface area contributed by atoms with Crippen LogP contribution in [-0.2, 0) is 9.59 Å². The Kier molecular flexibility index (Phi) is 5.62. The van der Waals surface area contributed by atoms with Gasteiger partial charge < -0.3 is 10.2 Å². The Balaban J connectivity index is 1.70. The summed E-state index contributed by atoms with van der Waals surface area (Å²) in [6.07, 6.45) is 5.25. The van der Waals surface area contributed by atoms with Crippen LogP contribution in [0, 0.1) is 0 Å². The van der Waals surface area contributed by atoms with Crippen LogP contribution in [0.5, 0.6) is 0 Å². The zero-order valence-electron chi connectivity index (χ0n) is 13.6. The third kappa shape index (κ3) is 4.19. The lowest BCUT2D eigenvalue weighted by Gasteiger charge is -2.39. The molecule has 5 nitrogen and oxygen atoms in total. The topological polar surface area (TPSA) is 52.7 Å². The number of likely N-dealkylation sites (tertiary alicyclic amines) is 2. The predicted octanol–water partition coefficient (Wildman–Crippen LogP) is 1.38. The highest BCUT2D eigenvalue weighted by molar-refractivity contribution is 5.86. The monoisotopic (exact) mass is 295 g/mol. The van der Waals surface area contributed by atoms with Crippen molar-refractivity contribution in [2.24, 2.45) is 0 Å². The number of amides is 2. The zero-order valence-corrected chi connectivity index (χ0v) is 13.6. The SMILES string of the molecule is C[C@@H]1CCC(=O)N1CC(=O)NCCN1[C@@H](C)CCC[C@@H]1C. The summed E-state index contributed by atoms with van der Waals surface area (Å²) in [5.74, 6) is 0.0744. The number of nitrogens with one attached hydrogen (secondary N) is 1. The smallest absolute Gasteiger partial charge is 0.239 e. The first-order chi connectivity index (χ1) is 9.99. The van der Waals surface area contributed by atoms with Gasteiger partial charge in [-0.15, -0.1) is 0 Å². The Bertz CT molecular complexity index is 376. The van der Waals surface area contributed by atoms with E-state index in [1.165, 1.54) is 19.3 Å². The fraction of sp³-hybridized carbons (Fsp3) is 0.875. The molecule has 2 saturated heterocycles. The summed E-state index contributed by atoms with van der Waals surface area (Å²) in [5.41, 5.74) is 0. The molecule has 3 atom stereocenters. The standard InChI is InChI=1S/C16H29N3O2/c1-12-5-4-6-13(2)18(12)10-9-17-15(20)11-19-14(3)7-8-16(19)21/h12-14H,4-11H2,1-3H3,(H,17,20)/t12-,13-,14+/m0/s1. The Morgan fingerprint density at radius 2 is 1.81 bits per heavy atom. The highest BCUT2D eigenvalue weighted by atomic mass is 16.2. The van der Waals surface area contributed by atoms with Crippen LogP contribution in [0.25, 0.3) is 0 Å². The van der Waals surface area contributed by atoms with E-state index in [4.69, 9.17) is 0 Å². The number of carbonyl (C=O) groups excluding carboxylic acids is 2. The Hall–Kier alpha value is -1.10. The van der Waals surface area contributed by atoms with Gasteiger partial charge in [-0.3, -0.25) is 14.5 Å². The Labute approximate surface area is 128 Å². The largest absolute Gasteiger partial charge is 0.353 e. The maximum absolute atomic E-state index is 12.0. The summed E-state index contributed by atoms with van der Waals surface area (Å²) >= 11 is 0. The maximum Gasteiger partial charge on any atom is 0.239 e. The third-order valence-electron chi connectivity index (χ3n) is 5.01. The average molecular weight is 295 g/mol. The number of hydrogen-bond donors (Lipinski definition) is 1. The van der Waals surface area contributed by atoms with Crippen LogP contribution in [-0.4, -0.2) is 59.4 Å². The molecule has 0 aliphatic carbocycles. The van der Waals surface area contributed by atoms with Crippen molar-refractivity contribution in [3.63, 3.8) is 0 Å². The lowest BCUT2D eigenvalue weighted by molar-refractivity contribution is -0.134. The second-order valence-corrected chi connectivity index (χ2v) is 6.63. The Morgan fingerprint density at radius 3 is 2.38 bits per heavy atom. The van der Waals surface area contributed by atoms with Gasteiger partial charge in [-0.05, 0) is 40.0 Å². The van der Waals surface area contributed by atoms with Gasteiger partial charge in [-0.2, -0.15) is 0 Å². The molecule has 0 bridgehead atoms. The molecule has 0 radical (unpaired) electrons. The summed E-state index contributed by atoms with van der Waals surface area (Å²) in [6, 6.07) is 1.40. The van der Waals surface area contributed by atoms with E-state index in [1.807, 2.05) is 6.92 Å². The summed E-state index contributed by atoms with van der Waals surface area (Å²) in [4.78, 5) is 27.8. The highest BCUT2D eigenvalue weighted by Crippen LogP contribution is 2.21. The van der Waals surface area contributed by atoms with Crippen molar-refractivity contribution in [3.8, 4) is 0 Å². The fourth-order valence-electron chi connectivity index (χ4n) is 3.57. The molecule has 1 N–H and O–H groups in total.